The Kier molecular flexibility index (Phi) is 4.44. The first-order valence-corrected chi connectivity index (χ1v) is 7.85. The van der Waals surface area contributed by atoms with E-state index in [2.05, 4.69) is 0 Å². The summed E-state index contributed by atoms with van der Waals surface area (Å²) in [6.45, 7) is 4.42. The van der Waals surface area contributed by atoms with Crippen molar-refractivity contribution in [2.24, 2.45) is 5.41 Å². The van der Waals surface area contributed by atoms with Crippen molar-refractivity contribution >= 4 is 19.7 Å². The van der Waals surface area contributed by atoms with Gasteiger partial charge in [0, 0.05) is 16.1 Å². The molecule has 0 N–H and O–H groups in total. The van der Waals surface area contributed by atoms with Gasteiger partial charge >= 0.3 is 0 Å². The van der Waals surface area contributed by atoms with Crippen LogP contribution in [0.2, 0.25) is 0 Å². The molecule has 0 aromatic heterocycles. The van der Waals surface area contributed by atoms with Crippen LogP contribution < -0.4 is 0 Å². The van der Waals surface area contributed by atoms with E-state index in [4.69, 9.17) is 15.4 Å². The molecular weight excluding hydrogens is 236 g/mol. The molecule has 0 unspecified atom stereocenters. The number of rotatable bonds is 5. The van der Waals surface area contributed by atoms with Crippen LogP contribution in [0.1, 0.15) is 39.5 Å². The van der Waals surface area contributed by atoms with E-state index >= 15 is 0 Å². The van der Waals surface area contributed by atoms with Gasteiger partial charge in [0.2, 0.25) is 9.05 Å². The van der Waals surface area contributed by atoms with Crippen molar-refractivity contribution in [1.29, 1.82) is 0 Å². The number of halogens is 1. The molecule has 0 bridgehead atoms. The molecule has 0 spiro atoms. The molecule has 15 heavy (non-hydrogen) atoms. The summed E-state index contributed by atoms with van der Waals surface area (Å²) in [7, 11) is 1.91. The molecule has 0 aromatic carbocycles. The third-order valence-electron chi connectivity index (χ3n) is 2.87. The molecule has 0 radical (unpaired) electrons. The van der Waals surface area contributed by atoms with Gasteiger partial charge in [0.1, 0.15) is 0 Å². The van der Waals surface area contributed by atoms with Crippen molar-refractivity contribution < 1.29 is 13.2 Å². The van der Waals surface area contributed by atoms with Crippen molar-refractivity contribution in [3.05, 3.63) is 0 Å². The van der Waals surface area contributed by atoms with Crippen molar-refractivity contribution in [2.75, 3.05) is 12.4 Å². The van der Waals surface area contributed by atoms with Crippen molar-refractivity contribution in [1.82, 2.24) is 0 Å². The number of ether oxygens (including phenoxy) is 1. The summed E-state index contributed by atoms with van der Waals surface area (Å²) in [6, 6.07) is 0. The summed E-state index contributed by atoms with van der Waals surface area (Å²) in [5.41, 5.74) is -0.231. The largest absolute Gasteiger partial charge is 0.378 e. The van der Waals surface area contributed by atoms with Crippen LogP contribution in [-0.4, -0.2) is 26.9 Å². The third kappa shape index (κ3) is 4.70. The highest BCUT2D eigenvalue weighted by molar-refractivity contribution is 8.13. The molecule has 0 aromatic rings. The summed E-state index contributed by atoms with van der Waals surface area (Å²) in [5, 5.41) is 0. The molecule has 0 amide bonds. The van der Waals surface area contributed by atoms with Gasteiger partial charge in [0.15, 0.2) is 0 Å². The lowest BCUT2D eigenvalue weighted by molar-refractivity contribution is 0.0184. The molecular formula is C10H19ClO3S. The maximum absolute atomic E-state index is 11.1. The fourth-order valence-corrected chi connectivity index (χ4v) is 3.96. The SMILES string of the molecule is CC(C)OCC1(CS(=O)(=O)Cl)CCCC1. The van der Waals surface area contributed by atoms with Gasteiger partial charge < -0.3 is 4.74 Å². The van der Waals surface area contributed by atoms with E-state index in [0.717, 1.165) is 25.7 Å². The molecule has 3 nitrogen and oxygen atoms in total. The first-order chi connectivity index (χ1) is 6.83. The quantitative estimate of drug-likeness (QED) is 0.708. The van der Waals surface area contributed by atoms with Gasteiger partial charge in [-0.2, -0.15) is 0 Å². The first kappa shape index (κ1) is 13.3. The van der Waals surface area contributed by atoms with E-state index in [-0.39, 0.29) is 17.3 Å². The monoisotopic (exact) mass is 254 g/mol. The zero-order valence-electron chi connectivity index (χ0n) is 9.33. The topological polar surface area (TPSA) is 43.4 Å². The first-order valence-electron chi connectivity index (χ1n) is 5.37. The maximum Gasteiger partial charge on any atom is 0.233 e. The number of hydrogen-bond acceptors (Lipinski definition) is 3. The fourth-order valence-electron chi connectivity index (χ4n) is 2.16. The molecule has 0 saturated heterocycles. The van der Waals surface area contributed by atoms with Gasteiger partial charge in [-0.05, 0) is 26.7 Å². The van der Waals surface area contributed by atoms with Gasteiger partial charge in [-0.1, -0.05) is 12.8 Å². The molecule has 1 rings (SSSR count). The minimum Gasteiger partial charge on any atom is -0.378 e. The predicted molar refractivity (Wildman–Crippen MR) is 61.6 cm³/mol. The van der Waals surface area contributed by atoms with E-state index in [0.29, 0.717) is 6.61 Å². The summed E-state index contributed by atoms with van der Waals surface area (Å²) in [5.74, 6) is 0.0499. The molecule has 1 fully saturated rings. The van der Waals surface area contributed by atoms with Crippen molar-refractivity contribution in [2.45, 2.75) is 45.6 Å². The van der Waals surface area contributed by atoms with Crippen molar-refractivity contribution in [3.8, 4) is 0 Å². The average molecular weight is 255 g/mol. The van der Waals surface area contributed by atoms with Crippen LogP contribution in [-0.2, 0) is 13.8 Å². The van der Waals surface area contributed by atoms with E-state index in [1.54, 1.807) is 0 Å². The lowest BCUT2D eigenvalue weighted by Crippen LogP contribution is -2.31. The van der Waals surface area contributed by atoms with Crippen LogP contribution in [0.5, 0.6) is 0 Å². The Hall–Kier alpha value is 0.200. The minimum atomic E-state index is -3.42. The lowest BCUT2D eigenvalue weighted by atomic mass is 9.90. The Morgan fingerprint density at radius 1 is 1.33 bits per heavy atom. The van der Waals surface area contributed by atoms with Gasteiger partial charge in [-0.15, -0.1) is 0 Å². The average Bonchev–Trinajstić information content (AvgIpc) is 2.47. The number of hydrogen-bond donors (Lipinski definition) is 0. The maximum atomic E-state index is 11.1. The molecule has 0 aliphatic heterocycles. The smallest absolute Gasteiger partial charge is 0.233 e. The van der Waals surface area contributed by atoms with Gasteiger partial charge in [-0.25, -0.2) is 8.42 Å². The van der Waals surface area contributed by atoms with E-state index in [1.807, 2.05) is 13.8 Å². The minimum absolute atomic E-state index is 0.0499. The Labute approximate surface area is 96.6 Å². The van der Waals surface area contributed by atoms with Crippen molar-refractivity contribution in [3.63, 3.8) is 0 Å². The van der Waals surface area contributed by atoms with Gasteiger partial charge in [0.05, 0.1) is 18.5 Å². The van der Waals surface area contributed by atoms with Crippen LogP contribution in [0, 0.1) is 5.41 Å². The Morgan fingerprint density at radius 3 is 2.27 bits per heavy atom. The molecule has 5 heteroatoms. The summed E-state index contributed by atoms with van der Waals surface area (Å²) < 4.78 is 27.8. The molecule has 0 atom stereocenters. The second-order valence-electron chi connectivity index (χ2n) is 4.75. The van der Waals surface area contributed by atoms with Gasteiger partial charge in [-0.3, -0.25) is 0 Å². The predicted octanol–water partition coefficient (Wildman–Crippen LogP) is 2.54. The highest BCUT2D eigenvalue weighted by Gasteiger charge is 2.38. The second-order valence-corrected chi connectivity index (χ2v) is 7.53. The fraction of sp³-hybridized carbons (Fsp3) is 1.00. The molecule has 90 valence electrons. The zero-order valence-corrected chi connectivity index (χ0v) is 10.9. The lowest BCUT2D eigenvalue weighted by Gasteiger charge is -2.28. The molecule has 1 aliphatic carbocycles. The van der Waals surface area contributed by atoms with Crippen LogP contribution in [0.25, 0.3) is 0 Å². The highest BCUT2D eigenvalue weighted by Crippen LogP contribution is 2.40. The third-order valence-corrected chi connectivity index (χ3v) is 4.15. The Morgan fingerprint density at radius 2 is 1.87 bits per heavy atom. The normalized spacial score (nSPS) is 21.1. The Bertz CT molecular complexity index is 292. The zero-order chi connectivity index (χ0) is 11.5. The van der Waals surface area contributed by atoms with Crippen LogP contribution in [0.3, 0.4) is 0 Å². The molecule has 0 heterocycles. The Balaban J connectivity index is 2.62. The van der Waals surface area contributed by atoms with Crippen LogP contribution in [0.4, 0.5) is 0 Å². The van der Waals surface area contributed by atoms with E-state index in [9.17, 15) is 8.42 Å². The van der Waals surface area contributed by atoms with Crippen LogP contribution in [0.15, 0.2) is 0 Å². The van der Waals surface area contributed by atoms with E-state index < -0.39 is 9.05 Å². The molecule has 1 saturated carbocycles. The van der Waals surface area contributed by atoms with E-state index in [1.165, 1.54) is 0 Å². The van der Waals surface area contributed by atoms with Gasteiger partial charge in [0.25, 0.3) is 0 Å². The summed E-state index contributed by atoms with van der Waals surface area (Å²) in [6.07, 6.45) is 4.11. The summed E-state index contributed by atoms with van der Waals surface area (Å²) in [4.78, 5) is 0. The second kappa shape index (κ2) is 5.02. The molecule has 1 aliphatic rings. The summed E-state index contributed by atoms with van der Waals surface area (Å²) >= 11 is 0. The van der Waals surface area contributed by atoms with Crippen LogP contribution >= 0.6 is 10.7 Å². The highest BCUT2D eigenvalue weighted by atomic mass is 35.7. The standard InChI is InChI=1S/C10H19ClO3S/c1-9(2)14-7-10(5-3-4-6-10)8-15(11,12)13/h9H,3-8H2,1-2H3.